The van der Waals surface area contributed by atoms with Crippen LogP contribution in [0.1, 0.15) is 29.2 Å². The molecule has 0 spiro atoms. The Kier molecular flexibility index (Phi) is 5.09. The van der Waals surface area contributed by atoms with Crippen molar-refractivity contribution >= 4 is 34.4 Å². The highest BCUT2D eigenvalue weighted by molar-refractivity contribution is 7.99. The first-order valence-corrected chi connectivity index (χ1v) is 11.5. The second-order valence-electron chi connectivity index (χ2n) is 8.16. The number of aryl methyl sites for hydroxylation is 3. The largest absolute Gasteiger partial charge is 0.326 e. The molecule has 1 atom stereocenters. The number of carbonyl (C=O) groups excluding carboxylic acids is 1. The third kappa shape index (κ3) is 3.50. The normalized spacial score (nSPS) is 15.2. The van der Waals surface area contributed by atoms with Gasteiger partial charge in [-0.2, -0.15) is 5.10 Å². The lowest BCUT2D eigenvalue weighted by Crippen LogP contribution is -2.27. The molecule has 1 N–H and O–H groups in total. The van der Waals surface area contributed by atoms with E-state index < -0.39 is 0 Å². The molecule has 32 heavy (non-hydrogen) atoms. The number of nitrogens with one attached hydrogen (secondary N) is 1. The molecule has 5 rings (SSSR count). The Hall–Kier alpha value is -3.39. The zero-order valence-electron chi connectivity index (χ0n) is 18.1. The number of anilines is 1. The maximum atomic E-state index is 13.3. The monoisotopic (exact) mass is 445 g/mol. The molecule has 3 heterocycles. The number of aromatic nitrogens is 4. The molecular weight excluding hydrogens is 422 g/mol. The van der Waals surface area contributed by atoms with Crippen LogP contribution >= 0.6 is 11.8 Å². The van der Waals surface area contributed by atoms with Crippen molar-refractivity contribution in [1.29, 1.82) is 0 Å². The Bertz CT molecular complexity index is 1420. The summed E-state index contributed by atoms with van der Waals surface area (Å²) >= 11 is 1.50. The van der Waals surface area contributed by atoms with Crippen LogP contribution in [0.15, 0.2) is 58.6 Å². The molecule has 0 radical (unpaired) electrons. The summed E-state index contributed by atoms with van der Waals surface area (Å²) in [6.07, 6.45) is 1.79. The van der Waals surface area contributed by atoms with Crippen LogP contribution in [-0.2, 0) is 4.79 Å². The van der Waals surface area contributed by atoms with Crippen molar-refractivity contribution in [3.05, 3.63) is 75.7 Å². The fourth-order valence-corrected chi connectivity index (χ4v) is 5.09. The first kappa shape index (κ1) is 20.5. The molecule has 162 valence electrons. The smallest absolute Gasteiger partial charge is 0.265 e. The van der Waals surface area contributed by atoms with Gasteiger partial charge in [0.2, 0.25) is 5.91 Å². The molecule has 4 aromatic rings. The Morgan fingerprint density at radius 1 is 1.12 bits per heavy atom. The van der Waals surface area contributed by atoms with Gasteiger partial charge in [0.1, 0.15) is 5.39 Å². The fraction of sp³-hybridized carbons (Fsp3) is 0.250. The van der Waals surface area contributed by atoms with Gasteiger partial charge in [-0.3, -0.25) is 14.2 Å². The first-order valence-electron chi connectivity index (χ1n) is 10.5. The highest BCUT2D eigenvalue weighted by Crippen LogP contribution is 2.33. The topological polar surface area (TPSA) is 81.8 Å². The van der Waals surface area contributed by atoms with Gasteiger partial charge < -0.3 is 5.32 Å². The van der Waals surface area contributed by atoms with E-state index in [2.05, 4.69) is 17.3 Å². The van der Waals surface area contributed by atoms with Gasteiger partial charge in [-0.15, -0.1) is 0 Å². The van der Waals surface area contributed by atoms with Crippen molar-refractivity contribution in [2.24, 2.45) is 0 Å². The summed E-state index contributed by atoms with van der Waals surface area (Å²) in [6, 6.07) is 13.5. The van der Waals surface area contributed by atoms with Crippen molar-refractivity contribution in [3.63, 3.8) is 0 Å². The molecule has 0 saturated carbocycles. The molecule has 2 aromatic carbocycles. The van der Waals surface area contributed by atoms with Gasteiger partial charge in [-0.1, -0.05) is 36.0 Å². The molecule has 0 fully saturated rings. The minimum atomic E-state index is -0.242. The van der Waals surface area contributed by atoms with E-state index in [1.165, 1.54) is 17.3 Å². The Morgan fingerprint density at radius 3 is 2.72 bits per heavy atom. The Balaban J connectivity index is 1.46. The van der Waals surface area contributed by atoms with Gasteiger partial charge >= 0.3 is 0 Å². The van der Waals surface area contributed by atoms with E-state index in [9.17, 15) is 9.59 Å². The Labute approximate surface area is 189 Å². The maximum absolute atomic E-state index is 13.3. The van der Waals surface area contributed by atoms with Crippen molar-refractivity contribution < 1.29 is 4.79 Å². The molecule has 1 amide bonds. The third-order valence-corrected chi connectivity index (χ3v) is 7.04. The fourth-order valence-electron chi connectivity index (χ4n) is 3.96. The van der Waals surface area contributed by atoms with Crippen molar-refractivity contribution in [3.8, 4) is 5.69 Å². The standard InChI is InChI=1S/C24H23N5O2S/c1-14-8-9-17(10-16(14)3)29-22-19(12-25-29)23(31)28-18(13-32-24(28)27-22)11-21(30)26-20-7-5-4-6-15(20)2/h4-10,12,18H,11,13H2,1-3H3,(H,26,30). The minimum absolute atomic E-state index is 0.115. The van der Waals surface area contributed by atoms with E-state index >= 15 is 0 Å². The van der Waals surface area contributed by atoms with Gasteiger partial charge in [-0.25, -0.2) is 9.67 Å². The maximum Gasteiger partial charge on any atom is 0.265 e. The van der Waals surface area contributed by atoms with E-state index in [-0.39, 0.29) is 23.9 Å². The van der Waals surface area contributed by atoms with E-state index in [0.717, 1.165) is 22.5 Å². The number of para-hydroxylation sites is 1. The molecular formula is C24H23N5O2S. The average molecular weight is 446 g/mol. The molecule has 7 nitrogen and oxygen atoms in total. The van der Waals surface area contributed by atoms with Gasteiger partial charge in [-0.05, 0) is 55.7 Å². The highest BCUT2D eigenvalue weighted by Gasteiger charge is 2.29. The predicted molar refractivity (Wildman–Crippen MR) is 127 cm³/mol. The number of rotatable bonds is 4. The lowest BCUT2D eigenvalue weighted by Gasteiger charge is -2.14. The van der Waals surface area contributed by atoms with Crippen LogP contribution in [0.25, 0.3) is 16.7 Å². The van der Waals surface area contributed by atoms with E-state index in [4.69, 9.17) is 4.98 Å². The molecule has 2 aromatic heterocycles. The van der Waals surface area contributed by atoms with Crippen LogP contribution in [0, 0.1) is 20.8 Å². The molecule has 0 aliphatic carbocycles. The van der Waals surface area contributed by atoms with Crippen LogP contribution in [0.2, 0.25) is 0 Å². The number of nitrogens with zero attached hydrogens (tertiary/aromatic N) is 4. The lowest BCUT2D eigenvalue weighted by molar-refractivity contribution is -0.116. The average Bonchev–Trinajstić information content (AvgIpc) is 3.37. The van der Waals surface area contributed by atoms with Gasteiger partial charge in [0.25, 0.3) is 5.56 Å². The zero-order chi connectivity index (χ0) is 22.4. The second-order valence-corrected chi connectivity index (χ2v) is 9.15. The summed E-state index contributed by atoms with van der Waals surface area (Å²) in [4.78, 5) is 30.8. The number of fused-ring (bicyclic) bond motifs is 2. The summed E-state index contributed by atoms with van der Waals surface area (Å²) in [6.45, 7) is 6.06. The SMILES string of the molecule is Cc1ccc(-n2ncc3c(=O)n4c(nc32)SCC4CC(=O)Nc2ccccc2C)cc1C. The van der Waals surface area contributed by atoms with Crippen LogP contribution in [0.4, 0.5) is 5.69 Å². The van der Waals surface area contributed by atoms with Crippen LogP contribution in [0.5, 0.6) is 0 Å². The van der Waals surface area contributed by atoms with Crippen LogP contribution < -0.4 is 10.9 Å². The van der Waals surface area contributed by atoms with Gasteiger partial charge in [0, 0.05) is 17.9 Å². The molecule has 1 aliphatic heterocycles. The number of hydrogen-bond acceptors (Lipinski definition) is 5. The lowest BCUT2D eigenvalue weighted by atomic mass is 10.1. The molecule has 8 heteroatoms. The summed E-state index contributed by atoms with van der Waals surface area (Å²) in [5, 5.41) is 8.48. The zero-order valence-corrected chi connectivity index (χ0v) is 18.9. The van der Waals surface area contributed by atoms with Crippen LogP contribution in [0.3, 0.4) is 0 Å². The second kappa shape index (κ2) is 7.94. The molecule has 0 bridgehead atoms. The quantitative estimate of drug-likeness (QED) is 0.477. The third-order valence-electron chi connectivity index (χ3n) is 5.95. The number of hydrogen-bond donors (Lipinski definition) is 1. The van der Waals surface area contributed by atoms with E-state index in [1.54, 1.807) is 15.4 Å². The first-order chi connectivity index (χ1) is 15.4. The summed E-state index contributed by atoms with van der Waals surface area (Å²) in [5.74, 6) is 0.517. The van der Waals surface area contributed by atoms with Gasteiger partial charge in [0.05, 0.1) is 17.9 Å². The van der Waals surface area contributed by atoms with Crippen LogP contribution in [-0.4, -0.2) is 31.0 Å². The number of benzene rings is 2. The van der Waals surface area contributed by atoms with Crippen molar-refractivity contribution in [1.82, 2.24) is 19.3 Å². The number of thioether (sulfide) groups is 1. The molecule has 1 unspecified atom stereocenters. The summed E-state index contributed by atoms with van der Waals surface area (Å²) in [5.41, 5.74) is 5.40. The van der Waals surface area contributed by atoms with Gasteiger partial charge in [0.15, 0.2) is 10.8 Å². The predicted octanol–water partition coefficient (Wildman–Crippen LogP) is 4.18. The highest BCUT2D eigenvalue weighted by atomic mass is 32.2. The molecule has 0 saturated heterocycles. The summed E-state index contributed by atoms with van der Waals surface area (Å²) < 4.78 is 3.36. The van der Waals surface area contributed by atoms with Crippen molar-refractivity contribution in [2.45, 2.75) is 38.4 Å². The number of carbonyl (C=O) groups is 1. The Morgan fingerprint density at radius 2 is 1.94 bits per heavy atom. The van der Waals surface area contributed by atoms with E-state index in [0.29, 0.717) is 21.9 Å². The minimum Gasteiger partial charge on any atom is -0.326 e. The number of amides is 1. The molecule has 1 aliphatic rings. The summed E-state index contributed by atoms with van der Waals surface area (Å²) in [7, 11) is 0. The van der Waals surface area contributed by atoms with E-state index in [1.807, 2.05) is 56.3 Å². The van der Waals surface area contributed by atoms with Crippen molar-refractivity contribution in [2.75, 3.05) is 11.1 Å².